The van der Waals surface area contributed by atoms with Crippen molar-refractivity contribution < 1.29 is 31.2 Å². The van der Waals surface area contributed by atoms with Crippen LogP contribution in [0.5, 0.6) is 0 Å². The van der Waals surface area contributed by atoms with E-state index in [1.54, 1.807) is 6.07 Å². The van der Waals surface area contributed by atoms with Gasteiger partial charge >= 0.3 is 11.3 Å². The van der Waals surface area contributed by atoms with Crippen molar-refractivity contribution in [2.45, 2.75) is 15.8 Å². The van der Waals surface area contributed by atoms with Crippen LogP contribution in [0.2, 0.25) is 10.0 Å². The standard InChI is InChI=1S/C16H10Cl3F3N2O4S/c17-10-4-2-1-3-9(10)13(25)24-15(26)23-12-6-5-8(7-11(12)18)29(27,28)16(21,22)14(19)20/h1-7,14H,(H2,23,24,25,26). The minimum Gasteiger partial charge on any atom is -0.306 e. The third-order valence-electron chi connectivity index (χ3n) is 3.46. The minimum absolute atomic E-state index is 0.0148. The molecule has 2 aromatic rings. The van der Waals surface area contributed by atoms with Gasteiger partial charge in [-0.25, -0.2) is 17.6 Å². The zero-order chi connectivity index (χ0) is 22.0. The number of carbonyl (C=O) groups is 2. The summed E-state index contributed by atoms with van der Waals surface area (Å²) in [5, 5.41) is -1.17. The molecule has 2 aromatic carbocycles. The number of carbonyl (C=O) groups excluding carboxylic acids is 2. The van der Waals surface area contributed by atoms with Gasteiger partial charge < -0.3 is 5.32 Å². The number of halogens is 6. The molecule has 0 saturated carbocycles. The molecule has 0 heterocycles. The van der Waals surface area contributed by atoms with Crippen molar-refractivity contribution in [2.24, 2.45) is 0 Å². The number of imide groups is 1. The lowest BCUT2D eigenvalue weighted by Crippen LogP contribution is -2.36. The van der Waals surface area contributed by atoms with Gasteiger partial charge in [0.15, 0.2) is 0 Å². The van der Waals surface area contributed by atoms with Crippen LogP contribution in [-0.2, 0) is 9.84 Å². The number of alkyl halides is 4. The first-order valence-corrected chi connectivity index (χ1v) is 10.1. The molecule has 0 aromatic heterocycles. The predicted octanol–water partition coefficient (Wildman–Crippen LogP) is 4.86. The van der Waals surface area contributed by atoms with E-state index >= 15 is 0 Å². The van der Waals surface area contributed by atoms with Gasteiger partial charge in [0.25, 0.3) is 11.5 Å². The van der Waals surface area contributed by atoms with Crippen LogP contribution in [0.15, 0.2) is 47.4 Å². The molecule has 0 saturated heterocycles. The number of amides is 3. The normalized spacial score (nSPS) is 12.9. The molecule has 13 heteroatoms. The lowest BCUT2D eigenvalue weighted by Gasteiger charge is -2.17. The van der Waals surface area contributed by atoms with Crippen LogP contribution in [0.3, 0.4) is 0 Å². The summed E-state index contributed by atoms with van der Waals surface area (Å²) in [5.74, 6) is -0.834. The molecule has 6 nitrogen and oxygen atoms in total. The Hall–Kier alpha value is -2.01. The number of anilines is 1. The Kier molecular flexibility index (Phi) is 7.05. The molecule has 2 N–H and O–H groups in total. The molecular formula is C16H10Cl3F3N2O4S. The SMILES string of the molecule is O=C(NC(=O)c1ccccc1Cl)Nc1ccc(S(=O)(=O)C(F)(F)C(F)Cl)cc1Cl. The number of hydrogen-bond acceptors (Lipinski definition) is 4. The van der Waals surface area contributed by atoms with Gasteiger partial charge in [-0.2, -0.15) is 8.78 Å². The lowest BCUT2D eigenvalue weighted by atomic mass is 10.2. The summed E-state index contributed by atoms with van der Waals surface area (Å²) in [4.78, 5) is 22.9. The van der Waals surface area contributed by atoms with Crippen LogP contribution in [0.4, 0.5) is 23.7 Å². The maximum absolute atomic E-state index is 13.5. The Balaban J connectivity index is 2.18. The fourth-order valence-corrected chi connectivity index (χ4v) is 3.94. The van der Waals surface area contributed by atoms with Crippen molar-refractivity contribution in [2.75, 3.05) is 5.32 Å². The van der Waals surface area contributed by atoms with E-state index in [0.29, 0.717) is 12.1 Å². The van der Waals surface area contributed by atoms with E-state index in [1.807, 2.05) is 5.32 Å². The van der Waals surface area contributed by atoms with E-state index < -0.39 is 42.6 Å². The molecular weight excluding hydrogens is 480 g/mol. The maximum atomic E-state index is 13.5. The second-order valence-corrected chi connectivity index (χ2v) is 8.62. The van der Waals surface area contributed by atoms with Crippen LogP contribution in [0.1, 0.15) is 10.4 Å². The number of hydrogen-bond donors (Lipinski definition) is 2. The number of nitrogens with one attached hydrogen (secondary N) is 2. The largest absolute Gasteiger partial charge is 0.393 e. The molecule has 0 fully saturated rings. The molecule has 0 aliphatic carbocycles. The number of sulfone groups is 1. The van der Waals surface area contributed by atoms with Crippen molar-refractivity contribution >= 4 is 62.3 Å². The molecule has 2 rings (SSSR count). The monoisotopic (exact) mass is 488 g/mol. The summed E-state index contributed by atoms with van der Waals surface area (Å²) in [6, 6.07) is 6.97. The van der Waals surface area contributed by atoms with Gasteiger partial charge in [-0.3, -0.25) is 10.1 Å². The lowest BCUT2D eigenvalue weighted by molar-refractivity contribution is 0.0423. The Bertz CT molecular complexity index is 1070. The number of rotatable bonds is 5. The molecule has 0 aliphatic heterocycles. The molecule has 156 valence electrons. The van der Waals surface area contributed by atoms with E-state index in [-0.39, 0.29) is 16.3 Å². The van der Waals surface area contributed by atoms with Gasteiger partial charge in [0.2, 0.25) is 9.84 Å². The first-order valence-electron chi connectivity index (χ1n) is 7.45. The van der Waals surface area contributed by atoms with Crippen molar-refractivity contribution in [3.8, 4) is 0 Å². The van der Waals surface area contributed by atoms with Crippen LogP contribution >= 0.6 is 34.8 Å². The average Bonchev–Trinajstić information content (AvgIpc) is 2.63. The van der Waals surface area contributed by atoms with Crippen molar-refractivity contribution in [3.05, 3.63) is 58.1 Å². The van der Waals surface area contributed by atoms with E-state index in [1.165, 1.54) is 18.2 Å². The predicted molar refractivity (Wildman–Crippen MR) is 102 cm³/mol. The Morgan fingerprint density at radius 3 is 2.21 bits per heavy atom. The zero-order valence-electron chi connectivity index (χ0n) is 13.9. The van der Waals surface area contributed by atoms with Crippen LogP contribution in [0.25, 0.3) is 0 Å². The van der Waals surface area contributed by atoms with Gasteiger partial charge in [0.05, 0.1) is 26.2 Å². The summed E-state index contributed by atoms with van der Waals surface area (Å²) < 4.78 is 63.5. The molecule has 29 heavy (non-hydrogen) atoms. The fraction of sp³-hybridized carbons (Fsp3) is 0.125. The molecule has 0 bridgehead atoms. The van der Waals surface area contributed by atoms with Crippen molar-refractivity contribution in [1.82, 2.24) is 5.32 Å². The zero-order valence-corrected chi connectivity index (χ0v) is 17.0. The first-order chi connectivity index (χ1) is 13.4. The Labute approximate surface area is 177 Å². The van der Waals surface area contributed by atoms with Crippen LogP contribution in [-0.4, -0.2) is 31.2 Å². The first kappa shape index (κ1) is 23.3. The Morgan fingerprint density at radius 2 is 1.66 bits per heavy atom. The highest BCUT2D eigenvalue weighted by molar-refractivity contribution is 7.92. The maximum Gasteiger partial charge on any atom is 0.393 e. The molecule has 0 aliphatic rings. The van der Waals surface area contributed by atoms with E-state index in [4.69, 9.17) is 23.2 Å². The van der Waals surface area contributed by atoms with E-state index in [9.17, 15) is 31.2 Å². The fourth-order valence-electron chi connectivity index (χ4n) is 2.01. The van der Waals surface area contributed by atoms with E-state index in [0.717, 1.165) is 6.07 Å². The smallest absolute Gasteiger partial charge is 0.306 e. The highest BCUT2D eigenvalue weighted by atomic mass is 35.5. The summed E-state index contributed by atoms with van der Waals surface area (Å²) in [6.45, 7) is 0. The van der Waals surface area contributed by atoms with Crippen molar-refractivity contribution in [3.63, 3.8) is 0 Å². The number of benzene rings is 2. The van der Waals surface area contributed by atoms with Gasteiger partial charge in [-0.05, 0) is 30.3 Å². The molecule has 1 atom stereocenters. The highest BCUT2D eigenvalue weighted by Crippen LogP contribution is 2.37. The minimum atomic E-state index is -5.49. The quantitative estimate of drug-likeness (QED) is 0.587. The van der Waals surface area contributed by atoms with Crippen molar-refractivity contribution in [1.29, 1.82) is 0 Å². The second-order valence-electron chi connectivity index (χ2n) is 5.40. The number of urea groups is 1. The van der Waals surface area contributed by atoms with E-state index in [2.05, 4.69) is 16.9 Å². The molecule has 0 radical (unpaired) electrons. The summed E-state index contributed by atoms with van der Waals surface area (Å²) >= 11 is 16.3. The van der Waals surface area contributed by atoms with Crippen LogP contribution in [0, 0.1) is 0 Å². The third-order valence-corrected chi connectivity index (χ3v) is 6.30. The molecule has 0 spiro atoms. The highest BCUT2D eigenvalue weighted by Gasteiger charge is 2.53. The van der Waals surface area contributed by atoms with Gasteiger partial charge in [-0.15, -0.1) is 0 Å². The average molecular weight is 490 g/mol. The third kappa shape index (κ3) is 4.95. The summed E-state index contributed by atoms with van der Waals surface area (Å²) in [7, 11) is -5.49. The van der Waals surface area contributed by atoms with Crippen LogP contribution < -0.4 is 10.6 Å². The van der Waals surface area contributed by atoms with Gasteiger partial charge in [0, 0.05) is 0 Å². The summed E-state index contributed by atoms with van der Waals surface area (Å²) in [5.41, 5.74) is -3.67. The van der Waals surface area contributed by atoms with Gasteiger partial charge in [-0.1, -0.05) is 46.9 Å². The van der Waals surface area contributed by atoms with Gasteiger partial charge in [0.1, 0.15) is 0 Å². The second kappa shape index (κ2) is 8.78. The Morgan fingerprint density at radius 1 is 1.03 bits per heavy atom. The topological polar surface area (TPSA) is 92.3 Å². The summed E-state index contributed by atoms with van der Waals surface area (Å²) in [6.07, 6.45) is 0. The molecule has 1 unspecified atom stereocenters. The molecule has 3 amide bonds.